The molecule has 1 amide bonds. The van der Waals surface area contributed by atoms with Gasteiger partial charge in [-0.15, -0.1) is 11.3 Å². The van der Waals surface area contributed by atoms with Crippen LogP contribution in [0.3, 0.4) is 0 Å². The summed E-state index contributed by atoms with van der Waals surface area (Å²) in [7, 11) is 0. The number of amides is 1. The summed E-state index contributed by atoms with van der Waals surface area (Å²) in [5.41, 5.74) is 3.06. The van der Waals surface area contributed by atoms with E-state index in [0.717, 1.165) is 36.4 Å². The molecule has 184 valence electrons. The molecule has 0 spiro atoms. The topological polar surface area (TPSA) is 114 Å². The molecule has 36 heavy (non-hydrogen) atoms. The van der Waals surface area contributed by atoms with Crippen LogP contribution in [0.5, 0.6) is 0 Å². The molecule has 2 aliphatic heterocycles. The van der Waals surface area contributed by atoms with Gasteiger partial charge in [0.05, 0.1) is 30.8 Å². The van der Waals surface area contributed by atoms with Crippen LogP contribution in [0.25, 0.3) is 11.5 Å². The fourth-order valence-electron chi connectivity index (χ4n) is 4.67. The Bertz CT molecular complexity index is 1430. The maximum absolute atomic E-state index is 13.2. The van der Waals surface area contributed by atoms with Crippen molar-refractivity contribution in [1.82, 2.24) is 25.2 Å². The molecule has 4 aromatic rings. The molecule has 3 N–H and O–H groups in total. The van der Waals surface area contributed by atoms with E-state index in [1.807, 2.05) is 30.3 Å². The summed E-state index contributed by atoms with van der Waals surface area (Å²) in [6.07, 6.45) is 5.55. The summed E-state index contributed by atoms with van der Waals surface area (Å²) in [4.78, 5) is 37.2. The molecule has 9 nitrogen and oxygen atoms in total. The van der Waals surface area contributed by atoms with Crippen LogP contribution in [0.15, 0.2) is 58.1 Å². The zero-order valence-electron chi connectivity index (χ0n) is 19.6. The van der Waals surface area contributed by atoms with E-state index in [1.54, 1.807) is 17.5 Å². The number of hydrogen-bond donors (Lipinski definition) is 3. The minimum Gasteiger partial charge on any atom is -0.439 e. The maximum atomic E-state index is 13.2. The van der Waals surface area contributed by atoms with Gasteiger partial charge in [0.2, 0.25) is 11.8 Å². The second-order valence-corrected chi connectivity index (χ2v) is 10.3. The Labute approximate surface area is 211 Å². The smallest absolute Gasteiger partial charge is 0.277 e. The molecule has 0 aliphatic carbocycles. The van der Waals surface area contributed by atoms with Gasteiger partial charge in [0.1, 0.15) is 18.0 Å². The SMILES string of the molecule is O=C(Cn1cnc2c(c1=O)NC(c1cnc(-c3ccccc3)o1)CC2)NCc1cc2c(s1)CCNC2. The summed E-state index contributed by atoms with van der Waals surface area (Å²) in [6.45, 7) is 2.25. The fraction of sp³-hybridized carbons (Fsp3) is 0.308. The highest BCUT2D eigenvalue weighted by molar-refractivity contribution is 7.12. The summed E-state index contributed by atoms with van der Waals surface area (Å²) in [5, 5.41) is 9.58. The summed E-state index contributed by atoms with van der Waals surface area (Å²) in [6, 6.07) is 11.6. The number of carbonyl (C=O) groups excluding carboxylic acids is 1. The quantitative estimate of drug-likeness (QED) is 0.371. The number of carbonyl (C=O) groups is 1. The number of rotatable bonds is 6. The predicted molar refractivity (Wildman–Crippen MR) is 137 cm³/mol. The highest BCUT2D eigenvalue weighted by atomic mass is 32.1. The molecule has 1 aromatic carbocycles. The second-order valence-electron chi connectivity index (χ2n) is 9.03. The van der Waals surface area contributed by atoms with Crippen LogP contribution in [0.1, 0.15) is 39.2 Å². The Balaban J connectivity index is 1.13. The van der Waals surface area contributed by atoms with E-state index in [1.165, 1.54) is 21.3 Å². The van der Waals surface area contributed by atoms with Gasteiger partial charge in [-0.1, -0.05) is 18.2 Å². The Morgan fingerprint density at radius 3 is 2.97 bits per heavy atom. The number of anilines is 1. The van der Waals surface area contributed by atoms with Crippen LogP contribution in [-0.4, -0.2) is 27.0 Å². The molecule has 0 radical (unpaired) electrons. The monoisotopic (exact) mass is 502 g/mol. The van der Waals surface area contributed by atoms with Gasteiger partial charge >= 0.3 is 0 Å². The fourth-order valence-corrected chi connectivity index (χ4v) is 5.80. The third-order valence-electron chi connectivity index (χ3n) is 6.56. The standard InChI is InChI=1S/C26H26N6O3S/c33-23(28-12-18-10-17-11-27-9-8-22(17)36-18)14-32-15-30-20-7-6-19(31-24(20)26(32)34)21-13-29-25(35-21)16-4-2-1-3-5-16/h1-5,10,13,15,19,27,31H,6-9,11-12,14H2,(H,28,33). The third-order valence-corrected chi connectivity index (χ3v) is 7.80. The highest BCUT2D eigenvalue weighted by Crippen LogP contribution is 2.31. The van der Waals surface area contributed by atoms with Gasteiger partial charge in [-0.2, -0.15) is 0 Å². The Hall–Kier alpha value is -3.76. The van der Waals surface area contributed by atoms with Gasteiger partial charge in [0.25, 0.3) is 5.56 Å². The Kier molecular flexibility index (Phi) is 6.12. The molecule has 1 atom stereocenters. The average molecular weight is 503 g/mol. The highest BCUT2D eigenvalue weighted by Gasteiger charge is 2.26. The van der Waals surface area contributed by atoms with Gasteiger partial charge in [-0.3, -0.25) is 14.2 Å². The van der Waals surface area contributed by atoms with E-state index < -0.39 is 0 Å². The van der Waals surface area contributed by atoms with Crippen molar-refractivity contribution in [2.24, 2.45) is 0 Å². The average Bonchev–Trinajstić information content (AvgIpc) is 3.57. The summed E-state index contributed by atoms with van der Waals surface area (Å²) >= 11 is 1.74. The lowest BCUT2D eigenvalue weighted by Crippen LogP contribution is -2.35. The van der Waals surface area contributed by atoms with Crippen LogP contribution in [0.2, 0.25) is 0 Å². The number of thiophene rings is 1. The lowest BCUT2D eigenvalue weighted by Gasteiger charge is -2.24. The van der Waals surface area contributed by atoms with Gasteiger partial charge in [-0.25, -0.2) is 9.97 Å². The van der Waals surface area contributed by atoms with Crippen molar-refractivity contribution in [3.05, 3.63) is 86.0 Å². The van der Waals surface area contributed by atoms with Crippen LogP contribution < -0.4 is 21.5 Å². The number of nitrogens with zero attached hydrogens (tertiary/aromatic N) is 3. The molecule has 0 saturated carbocycles. The molecule has 1 unspecified atom stereocenters. The van der Waals surface area contributed by atoms with Crippen molar-refractivity contribution >= 4 is 22.9 Å². The molecule has 0 bridgehead atoms. The maximum Gasteiger partial charge on any atom is 0.277 e. The molecule has 3 aromatic heterocycles. The van der Waals surface area contributed by atoms with E-state index in [4.69, 9.17) is 4.42 Å². The summed E-state index contributed by atoms with van der Waals surface area (Å²) in [5.74, 6) is 0.987. The molecule has 0 saturated heterocycles. The minimum atomic E-state index is -0.264. The first-order valence-corrected chi connectivity index (χ1v) is 12.9. The van der Waals surface area contributed by atoms with Crippen molar-refractivity contribution in [1.29, 1.82) is 0 Å². The van der Waals surface area contributed by atoms with E-state index in [2.05, 4.69) is 32.0 Å². The van der Waals surface area contributed by atoms with Crippen LogP contribution in [0.4, 0.5) is 5.69 Å². The van der Waals surface area contributed by atoms with E-state index in [9.17, 15) is 9.59 Å². The van der Waals surface area contributed by atoms with Gasteiger partial charge in [0.15, 0.2) is 0 Å². The lowest BCUT2D eigenvalue weighted by molar-refractivity contribution is -0.121. The number of aromatic nitrogens is 3. The van der Waals surface area contributed by atoms with Crippen LogP contribution in [-0.2, 0) is 37.3 Å². The normalized spacial score (nSPS) is 16.6. The van der Waals surface area contributed by atoms with Crippen molar-refractivity contribution in [2.45, 2.75) is 44.9 Å². The van der Waals surface area contributed by atoms with Crippen molar-refractivity contribution in [2.75, 3.05) is 11.9 Å². The molecule has 2 aliphatic rings. The number of oxazole rings is 1. The molecule has 6 rings (SSSR count). The van der Waals surface area contributed by atoms with Gasteiger partial charge in [0, 0.05) is 28.4 Å². The Morgan fingerprint density at radius 2 is 2.11 bits per heavy atom. The molecule has 10 heteroatoms. The number of hydrogen-bond acceptors (Lipinski definition) is 8. The molecule has 0 fully saturated rings. The van der Waals surface area contributed by atoms with Crippen LogP contribution in [0, 0.1) is 0 Å². The van der Waals surface area contributed by atoms with Crippen LogP contribution >= 0.6 is 11.3 Å². The zero-order valence-corrected chi connectivity index (χ0v) is 20.4. The number of nitrogens with one attached hydrogen (secondary N) is 3. The molecular weight excluding hydrogens is 476 g/mol. The zero-order chi connectivity index (χ0) is 24.5. The van der Waals surface area contributed by atoms with Gasteiger partial charge in [-0.05, 0) is 43.0 Å². The van der Waals surface area contributed by atoms with Crippen molar-refractivity contribution in [3.63, 3.8) is 0 Å². The van der Waals surface area contributed by atoms with Crippen molar-refractivity contribution in [3.8, 4) is 11.5 Å². The van der Waals surface area contributed by atoms with Gasteiger partial charge < -0.3 is 20.4 Å². The van der Waals surface area contributed by atoms with E-state index in [-0.39, 0.29) is 24.1 Å². The molecule has 5 heterocycles. The van der Waals surface area contributed by atoms with E-state index in [0.29, 0.717) is 36.0 Å². The second kappa shape index (κ2) is 9.71. The summed E-state index contributed by atoms with van der Waals surface area (Å²) < 4.78 is 7.34. The first-order chi connectivity index (χ1) is 17.6. The molecular formula is C26H26N6O3S. The first-order valence-electron chi connectivity index (χ1n) is 12.1. The first kappa shape index (κ1) is 22.7. The lowest BCUT2D eigenvalue weighted by atomic mass is 10.0. The number of aryl methyl sites for hydroxylation is 1. The Morgan fingerprint density at radius 1 is 1.22 bits per heavy atom. The number of benzene rings is 1. The predicted octanol–water partition coefficient (Wildman–Crippen LogP) is 3.02. The number of fused-ring (bicyclic) bond motifs is 2. The minimum absolute atomic E-state index is 0.0848. The largest absolute Gasteiger partial charge is 0.439 e. The van der Waals surface area contributed by atoms with Crippen molar-refractivity contribution < 1.29 is 9.21 Å². The van der Waals surface area contributed by atoms with E-state index >= 15 is 0 Å². The third kappa shape index (κ3) is 4.57.